The minimum atomic E-state index is -1.95. The predicted octanol–water partition coefficient (Wildman–Crippen LogP) is 6.98. The Balaban J connectivity index is 1.51. The van der Waals surface area contributed by atoms with Gasteiger partial charge < -0.3 is 0 Å². The molecule has 0 saturated carbocycles. The molecule has 0 aliphatic carbocycles. The molecule has 4 aromatic rings. The standard InChI is InChI=1S/C28H21IN2O/c1-18-16-24(30-17-18)21-9-2-4-10-22(21)29-23-14-13-20-19-8-3-5-12-26(19)32-28(20)27(23)25-11-6-7-15-31(25)29/h2-15,25,30H,17H2,1H3. The third-order valence-electron chi connectivity index (χ3n) is 6.32. The van der Waals surface area contributed by atoms with Gasteiger partial charge in [0.25, 0.3) is 0 Å². The molecule has 1 atom stereocenters. The first-order valence-corrected chi connectivity index (χ1v) is 14.0. The molecule has 156 valence electrons. The van der Waals surface area contributed by atoms with Crippen molar-refractivity contribution in [2.75, 3.05) is 6.54 Å². The zero-order chi connectivity index (χ0) is 21.2. The van der Waals surface area contributed by atoms with Crippen molar-refractivity contribution in [1.29, 1.82) is 0 Å². The van der Waals surface area contributed by atoms with E-state index < -0.39 is 20.1 Å². The van der Waals surface area contributed by atoms with Crippen LogP contribution < -0.4 is 5.32 Å². The van der Waals surface area contributed by atoms with Crippen molar-refractivity contribution in [3.05, 3.63) is 115 Å². The first kappa shape index (κ1) is 18.4. The van der Waals surface area contributed by atoms with E-state index in [9.17, 15) is 0 Å². The number of allylic oxidation sites excluding steroid dienone is 2. The molecule has 0 spiro atoms. The summed E-state index contributed by atoms with van der Waals surface area (Å²) in [6.07, 6.45) is 8.95. The molecule has 1 aromatic heterocycles. The summed E-state index contributed by atoms with van der Waals surface area (Å²) in [5.41, 5.74) is 10.6. The summed E-state index contributed by atoms with van der Waals surface area (Å²) in [5.74, 6) is 0. The summed E-state index contributed by atoms with van der Waals surface area (Å²) in [6, 6.07) is 22.1. The van der Waals surface area contributed by atoms with E-state index in [0.717, 1.165) is 23.4 Å². The van der Waals surface area contributed by atoms with Gasteiger partial charge in [-0.25, -0.2) is 0 Å². The van der Waals surface area contributed by atoms with Gasteiger partial charge in [0.2, 0.25) is 0 Å². The summed E-state index contributed by atoms with van der Waals surface area (Å²) >= 11 is -1.95. The van der Waals surface area contributed by atoms with E-state index in [4.69, 9.17) is 4.42 Å². The molecule has 4 heteroatoms. The number of para-hydroxylation sites is 1. The molecule has 4 heterocycles. The molecule has 7 rings (SSSR count). The molecule has 0 saturated heterocycles. The molecule has 1 unspecified atom stereocenters. The van der Waals surface area contributed by atoms with Crippen molar-refractivity contribution in [3.63, 3.8) is 0 Å². The van der Waals surface area contributed by atoms with Gasteiger partial charge in [-0.15, -0.1) is 0 Å². The fourth-order valence-corrected chi connectivity index (χ4v) is 11.5. The third-order valence-corrected chi connectivity index (χ3v) is 12.4. The Hall–Kier alpha value is -3.21. The summed E-state index contributed by atoms with van der Waals surface area (Å²) in [6.45, 7) is 3.02. The van der Waals surface area contributed by atoms with Crippen LogP contribution in [0.15, 0.2) is 101 Å². The average molecular weight is 528 g/mol. The van der Waals surface area contributed by atoms with Gasteiger partial charge >= 0.3 is 195 Å². The zero-order valence-corrected chi connectivity index (χ0v) is 19.8. The topological polar surface area (TPSA) is 28.4 Å². The fourth-order valence-electron chi connectivity index (χ4n) is 4.90. The van der Waals surface area contributed by atoms with Gasteiger partial charge in [0.15, 0.2) is 0 Å². The third kappa shape index (κ3) is 2.54. The fraction of sp³-hybridized carbons (Fsp3) is 0.107. The number of hydrogen-bond acceptors (Lipinski definition) is 3. The molecule has 3 aromatic carbocycles. The number of halogens is 1. The number of furan rings is 1. The van der Waals surface area contributed by atoms with Crippen LogP contribution >= 0.6 is 20.1 Å². The van der Waals surface area contributed by atoms with Crippen LogP contribution in [0, 0.1) is 7.14 Å². The van der Waals surface area contributed by atoms with E-state index in [0.29, 0.717) is 0 Å². The Kier molecular flexibility index (Phi) is 3.96. The first-order valence-electron chi connectivity index (χ1n) is 10.9. The maximum atomic E-state index is 6.48. The van der Waals surface area contributed by atoms with E-state index in [-0.39, 0.29) is 6.04 Å². The Bertz CT molecular complexity index is 1550. The summed E-state index contributed by atoms with van der Waals surface area (Å²) in [5, 5.41) is 5.96. The Morgan fingerprint density at radius 3 is 2.75 bits per heavy atom. The van der Waals surface area contributed by atoms with Crippen molar-refractivity contribution in [2.24, 2.45) is 0 Å². The number of benzene rings is 3. The molecule has 3 aliphatic rings. The normalized spacial score (nSPS) is 19.8. The van der Waals surface area contributed by atoms with Crippen LogP contribution in [-0.4, -0.2) is 9.66 Å². The molecule has 0 fully saturated rings. The van der Waals surface area contributed by atoms with Gasteiger partial charge in [0.05, 0.1) is 0 Å². The quantitative estimate of drug-likeness (QED) is 0.173. The minimum absolute atomic E-state index is 0.223. The van der Waals surface area contributed by atoms with Crippen molar-refractivity contribution in [3.8, 4) is 0 Å². The second kappa shape index (κ2) is 6.89. The Morgan fingerprint density at radius 2 is 1.84 bits per heavy atom. The molecule has 3 aliphatic heterocycles. The van der Waals surface area contributed by atoms with Gasteiger partial charge in [-0.1, -0.05) is 0 Å². The molecule has 0 amide bonds. The summed E-state index contributed by atoms with van der Waals surface area (Å²) in [7, 11) is 0. The SMILES string of the molecule is CC1=C=C(c2ccccc2I2c3ccc4c(oc5ccccc54)c3C3C=CC=CN32)NC1. The second-order valence-electron chi connectivity index (χ2n) is 8.33. The van der Waals surface area contributed by atoms with Crippen LogP contribution in [0.2, 0.25) is 0 Å². The molecular weight excluding hydrogens is 507 g/mol. The summed E-state index contributed by atoms with van der Waals surface area (Å²) in [4.78, 5) is 0. The van der Waals surface area contributed by atoms with Crippen LogP contribution in [0.3, 0.4) is 0 Å². The Labute approximate surface area is 194 Å². The van der Waals surface area contributed by atoms with Gasteiger partial charge in [-0.3, -0.25) is 0 Å². The van der Waals surface area contributed by atoms with E-state index in [1.807, 2.05) is 6.07 Å². The van der Waals surface area contributed by atoms with Crippen molar-refractivity contribution in [2.45, 2.75) is 13.0 Å². The maximum absolute atomic E-state index is 6.48. The van der Waals surface area contributed by atoms with Crippen LogP contribution in [0.1, 0.15) is 24.1 Å². The van der Waals surface area contributed by atoms with Gasteiger partial charge in [0.1, 0.15) is 0 Å². The Morgan fingerprint density at radius 1 is 0.969 bits per heavy atom. The molecule has 0 bridgehead atoms. The average Bonchev–Trinajstić information content (AvgIpc) is 3.52. The molecule has 32 heavy (non-hydrogen) atoms. The molecule has 1 N–H and O–H groups in total. The van der Waals surface area contributed by atoms with Gasteiger partial charge in [-0.05, 0) is 0 Å². The van der Waals surface area contributed by atoms with Crippen LogP contribution in [0.4, 0.5) is 0 Å². The molecular formula is C28H21IN2O. The van der Waals surface area contributed by atoms with E-state index in [1.165, 1.54) is 34.6 Å². The monoisotopic (exact) mass is 528 g/mol. The van der Waals surface area contributed by atoms with Gasteiger partial charge in [-0.2, -0.15) is 0 Å². The second-order valence-corrected chi connectivity index (χ2v) is 13.3. The van der Waals surface area contributed by atoms with Gasteiger partial charge in [0, 0.05) is 0 Å². The summed E-state index contributed by atoms with van der Waals surface area (Å²) < 4.78 is 12.0. The van der Waals surface area contributed by atoms with E-state index in [2.05, 4.69) is 100 Å². The van der Waals surface area contributed by atoms with Crippen LogP contribution in [0.25, 0.3) is 27.6 Å². The van der Waals surface area contributed by atoms with Crippen LogP contribution in [-0.2, 0) is 0 Å². The number of fused-ring (bicyclic) bond motifs is 7. The molecule has 0 radical (unpaired) electrons. The van der Waals surface area contributed by atoms with Crippen molar-refractivity contribution in [1.82, 2.24) is 8.43 Å². The predicted molar refractivity (Wildman–Crippen MR) is 139 cm³/mol. The van der Waals surface area contributed by atoms with Crippen LogP contribution in [0.5, 0.6) is 0 Å². The van der Waals surface area contributed by atoms with E-state index >= 15 is 0 Å². The number of rotatable bonds is 2. The van der Waals surface area contributed by atoms with Crippen molar-refractivity contribution < 1.29 is 4.42 Å². The molecule has 3 nitrogen and oxygen atoms in total. The zero-order valence-electron chi connectivity index (χ0n) is 17.6. The number of nitrogens with one attached hydrogen (secondary N) is 1. The number of hydrogen-bond donors (Lipinski definition) is 1. The van der Waals surface area contributed by atoms with E-state index in [1.54, 1.807) is 0 Å². The number of nitrogens with zero attached hydrogens (tertiary/aromatic N) is 1. The van der Waals surface area contributed by atoms with Crippen molar-refractivity contribution >= 4 is 47.7 Å². The first-order chi connectivity index (χ1) is 15.8.